The number of benzene rings is 1. The third kappa shape index (κ3) is 5.48. The summed E-state index contributed by atoms with van der Waals surface area (Å²) in [6, 6.07) is 1.10. The maximum atomic E-state index is 14.7. The molecule has 11 nitrogen and oxygen atoms in total. The molecular formula is C28H32F2N6O5S. The Kier molecular flexibility index (Phi) is 8.03. The predicted octanol–water partition coefficient (Wildman–Crippen LogP) is 2.78. The number of amides is 2. The van der Waals surface area contributed by atoms with Crippen LogP contribution >= 0.6 is 11.3 Å². The zero-order valence-electron chi connectivity index (χ0n) is 23.7. The number of aliphatic carboxylic acids is 1. The average Bonchev–Trinajstić information content (AvgIpc) is 3.59. The van der Waals surface area contributed by atoms with Gasteiger partial charge in [-0.05, 0) is 38.0 Å². The van der Waals surface area contributed by atoms with Gasteiger partial charge in [0.2, 0.25) is 0 Å². The lowest BCUT2D eigenvalue weighted by atomic mass is 9.92. The van der Waals surface area contributed by atoms with Gasteiger partial charge in [-0.25, -0.2) is 23.4 Å². The number of aliphatic imine (C=N–C) groups is 1. The fraction of sp³-hybridized carbons (Fsp3) is 0.464. The van der Waals surface area contributed by atoms with Gasteiger partial charge in [-0.3, -0.25) is 14.7 Å². The van der Waals surface area contributed by atoms with Crippen molar-refractivity contribution >= 4 is 35.1 Å². The molecule has 0 spiro atoms. The molecule has 5 rings (SSSR count). The van der Waals surface area contributed by atoms with Gasteiger partial charge >= 0.3 is 18.0 Å². The average molecular weight is 603 g/mol. The number of rotatable bonds is 8. The van der Waals surface area contributed by atoms with Crippen molar-refractivity contribution in [3.05, 3.63) is 62.7 Å². The van der Waals surface area contributed by atoms with Crippen molar-refractivity contribution in [1.82, 2.24) is 25.0 Å². The standard InChI is InChI=1S/C28H32F2N6O5S/c1-15-17(5-6-18(29)21(15)30)22-20(25(37)41-4)19(32-23(33-22)24-31-7-10-42-24)13-34-8-9-36-16(11-34)12-35(27(36)40)14-28(2,3)26(38)39/h5-7,10,16,22H,8-9,11-14H2,1-4H3,(H,32,33)(H,38,39). The number of nitrogens with one attached hydrogen (secondary N) is 1. The number of hydrogen-bond acceptors (Lipinski definition) is 9. The second kappa shape index (κ2) is 11.4. The molecule has 224 valence electrons. The highest BCUT2D eigenvalue weighted by Gasteiger charge is 2.44. The van der Waals surface area contributed by atoms with Crippen LogP contribution in [-0.2, 0) is 14.3 Å². The topological polar surface area (TPSA) is 128 Å². The maximum absolute atomic E-state index is 14.7. The van der Waals surface area contributed by atoms with Crippen molar-refractivity contribution in [2.45, 2.75) is 32.9 Å². The molecule has 2 N–H and O–H groups in total. The molecule has 1 aromatic heterocycles. The second-order valence-corrected chi connectivity index (χ2v) is 12.1. The Labute approximate surface area is 245 Å². The predicted molar refractivity (Wildman–Crippen MR) is 150 cm³/mol. The van der Waals surface area contributed by atoms with Crippen LogP contribution in [-0.4, -0.2) is 101 Å². The zero-order chi connectivity index (χ0) is 30.3. The number of methoxy groups -OCH3 is 1. The van der Waals surface area contributed by atoms with E-state index < -0.39 is 35.0 Å². The van der Waals surface area contributed by atoms with E-state index in [4.69, 9.17) is 9.73 Å². The van der Waals surface area contributed by atoms with Crippen molar-refractivity contribution in [2.24, 2.45) is 10.4 Å². The number of carbonyl (C=O) groups is 3. The summed E-state index contributed by atoms with van der Waals surface area (Å²) >= 11 is 1.34. The molecule has 3 aliphatic heterocycles. The summed E-state index contributed by atoms with van der Waals surface area (Å²) in [5.41, 5.74) is -0.0773. The van der Waals surface area contributed by atoms with E-state index in [0.717, 1.165) is 6.07 Å². The van der Waals surface area contributed by atoms with Gasteiger partial charge in [0.1, 0.15) is 6.04 Å². The van der Waals surface area contributed by atoms with Crippen LogP contribution in [0, 0.1) is 24.0 Å². The number of esters is 1. The largest absolute Gasteiger partial charge is 0.481 e. The molecule has 2 amide bonds. The lowest BCUT2D eigenvalue weighted by Gasteiger charge is -2.38. The van der Waals surface area contributed by atoms with Crippen molar-refractivity contribution in [3.8, 4) is 0 Å². The molecule has 0 aliphatic carbocycles. The molecule has 0 radical (unpaired) electrons. The molecule has 2 fully saturated rings. The highest BCUT2D eigenvalue weighted by molar-refractivity contribution is 7.11. The fourth-order valence-electron chi connectivity index (χ4n) is 5.59. The summed E-state index contributed by atoms with van der Waals surface area (Å²) in [6.45, 7) is 6.76. The maximum Gasteiger partial charge on any atom is 0.338 e. The Bertz CT molecular complexity index is 1480. The molecule has 0 bridgehead atoms. The van der Waals surface area contributed by atoms with E-state index in [1.807, 2.05) is 0 Å². The minimum atomic E-state index is -1.09. The number of carboxylic acid groups (broad SMARTS) is 1. The van der Waals surface area contributed by atoms with Gasteiger partial charge in [0.25, 0.3) is 0 Å². The minimum Gasteiger partial charge on any atom is -0.481 e. The van der Waals surface area contributed by atoms with Gasteiger partial charge in [0.15, 0.2) is 22.5 Å². The van der Waals surface area contributed by atoms with E-state index in [9.17, 15) is 28.3 Å². The van der Waals surface area contributed by atoms with Crippen LogP contribution in [0.4, 0.5) is 13.6 Å². The number of hydrogen-bond donors (Lipinski definition) is 2. The monoisotopic (exact) mass is 602 g/mol. The summed E-state index contributed by atoms with van der Waals surface area (Å²) in [4.78, 5) is 52.4. The summed E-state index contributed by atoms with van der Waals surface area (Å²) in [5, 5.41) is 15.1. The fourth-order valence-corrected chi connectivity index (χ4v) is 6.18. The Hall–Kier alpha value is -3.91. The number of nitrogens with zero attached hydrogens (tertiary/aromatic N) is 5. The van der Waals surface area contributed by atoms with Crippen molar-refractivity contribution in [3.63, 3.8) is 0 Å². The number of thiazole rings is 1. The molecule has 2 unspecified atom stereocenters. The number of piperazine rings is 1. The highest BCUT2D eigenvalue weighted by atomic mass is 32.1. The van der Waals surface area contributed by atoms with E-state index in [1.165, 1.54) is 31.4 Å². The number of carboxylic acids is 1. The van der Waals surface area contributed by atoms with Crippen molar-refractivity contribution in [1.29, 1.82) is 0 Å². The smallest absolute Gasteiger partial charge is 0.338 e. The number of aromatic nitrogens is 1. The van der Waals surface area contributed by atoms with E-state index in [1.54, 1.807) is 35.2 Å². The molecule has 14 heteroatoms. The Morgan fingerprint density at radius 2 is 2.00 bits per heavy atom. The van der Waals surface area contributed by atoms with Gasteiger partial charge in [0.05, 0.1) is 24.1 Å². The molecule has 2 saturated heterocycles. The van der Waals surface area contributed by atoms with Crippen LogP contribution in [0.15, 0.2) is 40.0 Å². The van der Waals surface area contributed by atoms with Crippen LogP contribution in [0.25, 0.3) is 0 Å². The number of halogens is 2. The summed E-state index contributed by atoms with van der Waals surface area (Å²) in [6.07, 6.45) is 1.62. The first kappa shape index (κ1) is 29.6. The molecule has 3 aliphatic rings. The molecular weight excluding hydrogens is 570 g/mol. The van der Waals surface area contributed by atoms with Gasteiger partial charge in [-0.1, -0.05) is 6.07 Å². The van der Waals surface area contributed by atoms with Gasteiger partial charge < -0.3 is 25.0 Å². The SMILES string of the molecule is COC(=O)C1=C(CN2CCN3C(=O)N(CC(C)(C)C(=O)O)CC3C2)NC(c2nccs2)=NC1c1ccc(F)c(F)c1C. The molecule has 0 saturated carbocycles. The number of urea groups is 1. The third-order valence-electron chi connectivity index (χ3n) is 7.90. The third-order valence-corrected chi connectivity index (χ3v) is 8.68. The van der Waals surface area contributed by atoms with Crippen molar-refractivity contribution in [2.75, 3.05) is 46.4 Å². The first-order valence-electron chi connectivity index (χ1n) is 13.4. The summed E-state index contributed by atoms with van der Waals surface area (Å²) in [5.74, 6) is -3.26. The van der Waals surface area contributed by atoms with Gasteiger partial charge in [0, 0.05) is 56.5 Å². The Morgan fingerprint density at radius 1 is 1.24 bits per heavy atom. The number of ether oxygens (including phenoxy) is 1. The molecule has 4 heterocycles. The summed E-state index contributed by atoms with van der Waals surface area (Å²) < 4.78 is 33.8. The second-order valence-electron chi connectivity index (χ2n) is 11.2. The van der Waals surface area contributed by atoms with Crippen LogP contribution in [0.1, 0.15) is 36.0 Å². The molecule has 2 aromatic rings. The summed E-state index contributed by atoms with van der Waals surface area (Å²) in [7, 11) is 1.25. The minimum absolute atomic E-state index is 0.0346. The Morgan fingerprint density at radius 3 is 2.67 bits per heavy atom. The van der Waals surface area contributed by atoms with E-state index in [0.29, 0.717) is 48.3 Å². The molecule has 42 heavy (non-hydrogen) atoms. The normalized spacial score (nSPS) is 21.3. The first-order valence-corrected chi connectivity index (χ1v) is 14.3. The van der Waals surface area contributed by atoms with Crippen molar-refractivity contribution < 1.29 is 33.0 Å². The quantitative estimate of drug-likeness (QED) is 0.442. The number of amidine groups is 1. The lowest BCUT2D eigenvalue weighted by Crippen LogP contribution is -2.53. The Balaban J connectivity index is 1.46. The van der Waals surface area contributed by atoms with Crippen LogP contribution in [0.2, 0.25) is 0 Å². The molecule has 1 aromatic carbocycles. The van der Waals surface area contributed by atoms with E-state index in [2.05, 4.69) is 15.2 Å². The first-order chi connectivity index (χ1) is 19.9. The number of fused-ring (bicyclic) bond motifs is 1. The van der Waals surface area contributed by atoms with Crippen LogP contribution in [0.3, 0.4) is 0 Å². The zero-order valence-corrected chi connectivity index (χ0v) is 24.5. The van der Waals surface area contributed by atoms with Crippen LogP contribution < -0.4 is 5.32 Å². The highest BCUT2D eigenvalue weighted by Crippen LogP contribution is 2.36. The van der Waals surface area contributed by atoms with Gasteiger partial charge in [-0.15, -0.1) is 11.3 Å². The van der Waals surface area contributed by atoms with E-state index in [-0.39, 0.29) is 36.3 Å². The lowest BCUT2D eigenvalue weighted by molar-refractivity contribution is -0.147. The van der Waals surface area contributed by atoms with Gasteiger partial charge in [-0.2, -0.15) is 0 Å². The molecule has 2 atom stereocenters. The number of carbonyl (C=O) groups excluding carboxylic acids is 2. The van der Waals surface area contributed by atoms with E-state index >= 15 is 0 Å². The van der Waals surface area contributed by atoms with Crippen LogP contribution in [0.5, 0.6) is 0 Å².